The van der Waals surface area contributed by atoms with Gasteiger partial charge in [0, 0.05) is 36.1 Å². The van der Waals surface area contributed by atoms with Crippen molar-refractivity contribution in [3.63, 3.8) is 0 Å². The molecule has 1 amide bonds. The molecule has 3 rings (SSSR count). The Morgan fingerprint density at radius 3 is 2.74 bits per heavy atom. The van der Waals surface area contributed by atoms with Crippen molar-refractivity contribution in [2.45, 2.75) is 32.1 Å². The lowest BCUT2D eigenvalue weighted by Crippen LogP contribution is -2.38. The topological polar surface area (TPSA) is 59.1 Å². The Labute approximate surface area is 116 Å². The van der Waals surface area contributed by atoms with Gasteiger partial charge in [-0.1, -0.05) is 0 Å². The fourth-order valence-electron chi connectivity index (χ4n) is 3.30. The van der Waals surface area contributed by atoms with Crippen LogP contribution in [0.4, 0.5) is 0 Å². The van der Waals surface area contributed by atoms with E-state index in [1.54, 1.807) is 11.3 Å². The Balaban J connectivity index is 1.47. The van der Waals surface area contributed by atoms with Crippen LogP contribution in [0.2, 0.25) is 0 Å². The van der Waals surface area contributed by atoms with E-state index in [1.165, 1.54) is 0 Å². The van der Waals surface area contributed by atoms with Gasteiger partial charge in [0.15, 0.2) is 0 Å². The fraction of sp³-hybridized carbons (Fsp3) is 0.643. The minimum Gasteiger partial charge on any atom is -0.355 e. The fourth-order valence-corrected chi connectivity index (χ4v) is 3.90. The molecule has 0 saturated heterocycles. The molecule has 1 heterocycles. The molecule has 2 aliphatic rings. The van der Waals surface area contributed by atoms with Gasteiger partial charge in [-0.15, -0.1) is 11.3 Å². The molecule has 0 spiro atoms. The normalized spacial score (nSPS) is 29.5. The Morgan fingerprint density at radius 1 is 1.37 bits per heavy atom. The molecule has 19 heavy (non-hydrogen) atoms. The lowest BCUT2D eigenvalue weighted by Gasteiger charge is -2.25. The molecule has 1 N–H and O–H groups in total. The number of fused-ring (bicyclic) bond motifs is 2. The first kappa shape index (κ1) is 12.8. The molecule has 2 bridgehead atoms. The predicted octanol–water partition coefficient (Wildman–Crippen LogP) is 1.81. The standard InChI is InChI=1S/C14H18N2O2S/c17-13-9-1-2-10(13)6-11(5-9)14(18)15-4-3-12-7-19-8-16-12/h7-11H,1-6H2,(H,15,18). The number of aromatic nitrogens is 1. The van der Waals surface area contributed by atoms with Gasteiger partial charge in [-0.25, -0.2) is 4.98 Å². The van der Waals surface area contributed by atoms with E-state index in [0.717, 1.165) is 37.8 Å². The minimum absolute atomic E-state index is 0.0469. The van der Waals surface area contributed by atoms with Crippen LogP contribution >= 0.6 is 11.3 Å². The second kappa shape index (κ2) is 5.41. The third kappa shape index (κ3) is 2.71. The van der Waals surface area contributed by atoms with Crippen LogP contribution in [0.5, 0.6) is 0 Å². The average Bonchev–Trinajstić information content (AvgIpc) is 2.96. The predicted molar refractivity (Wildman–Crippen MR) is 72.8 cm³/mol. The zero-order valence-corrected chi connectivity index (χ0v) is 11.6. The summed E-state index contributed by atoms with van der Waals surface area (Å²) in [4.78, 5) is 28.1. The van der Waals surface area contributed by atoms with Gasteiger partial charge in [-0.3, -0.25) is 9.59 Å². The summed E-state index contributed by atoms with van der Waals surface area (Å²) in [6.45, 7) is 0.641. The van der Waals surface area contributed by atoms with Crippen molar-refractivity contribution in [3.05, 3.63) is 16.6 Å². The van der Waals surface area contributed by atoms with E-state index in [2.05, 4.69) is 10.3 Å². The smallest absolute Gasteiger partial charge is 0.223 e. The molecular formula is C14H18N2O2S. The average molecular weight is 278 g/mol. The van der Waals surface area contributed by atoms with Gasteiger partial charge in [0.05, 0.1) is 11.2 Å². The van der Waals surface area contributed by atoms with Crippen molar-refractivity contribution in [2.75, 3.05) is 6.54 Å². The summed E-state index contributed by atoms with van der Waals surface area (Å²) in [5.74, 6) is 0.901. The van der Waals surface area contributed by atoms with Crippen molar-refractivity contribution in [1.29, 1.82) is 0 Å². The maximum absolute atomic E-state index is 12.1. The molecular weight excluding hydrogens is 260 g/mol. The van der Waals surface area contributed by atoms with Gasteiger partial charge < -0.3 is 5.32 Å². The largest absolute Gasteiger partial charge is 0.355 e. The summed E-state index contributed by atoms with van der Waals surface area (Å²) >= 11 is 1.57. The summed E-state index contributed by atoms with van der Waals surface area (Å²) in [5.41, 5.74) is 2.84. The maximum Gasteiger partial charge on any atom is 0.223 e. The summed E-state index contributed by atoms with van der Waals surface area (Å²) < 4.78 is 0. The molecule has 0 aliphatic heterocycles. The van der Waals surface area contributed by atoms with E-state index < -0.39 is 0 Å². The number of Topliss-reactive ketones (excluding diaryl/α,β-unsaturated/α-hetero) is 1. The van der Waals surface area contributed by atoms with Gasteiger partial charge in [0.2, 0.25) is 5.91 Å². The van der Waals surface area contributed by atoms with Crippen molar-refractivity contribution >= 4 is 23.0 Å². The molecule has 2 fully saturated rings. The van der Waals surface area contributed by atoms with E-state index in [-0.39, 0.29) is 23.7 Å². The van der Waals surface area contributed by atoms with Crippen LogP contribution in [0.1, 0.15) is 31.4 Å². The zero-order valence-electron chi connectivity index (χ0n) is 10.8. The highest BCUT2D eigenvalue weighted by atomic mass is 32.1. The Bertz CT molecular complexity index is 456. The van der Waals surface area contributed by atoms with Crippen molar-refractivity contribution in [3.8, 4) is 0 Å². The molecule has 5 heteroatoms. The highest BCUT2D eigenvalue weighted by Crippen LogP contribution is 2.41. The van der Waals surface area contributed by atoms with Crippen LogP contribution in [0.25, 0.3) is 0 Å². The second-order valence-electron chi connectivity index (χ2n) is 5.56. The van der Waals surface area contributed by atoms with E-state index in [4.69, 9.17) is 0 Å². The number of nitrogens with zero attached hydrogens (tertiary/aromatic N) is 1. The summed E-state index contributed by atoms with van der Waals surface area (Å²) in [5, 5.41) is 4.99. The highest BCUT2D eigenvalue weighted by molar-refractivity contribution is 7.07. The summed E-state index contributed by atoms with van der Waals surface area (Å²) in [7, 11) is 0. The Morgan fingerprint density at radius 2 is 2.11 bits per heavy atom. The summed E-state index contributed by atoms with van der Waals surface area (Å²) in [6, 6.07) is 0. The molecule has 2 atom stereocenters. The van der Waals surface area contributed by atoms with Crippen LogP contribution in [-0.2, 0) is 16.0 Å². The minimum atomic E-state index is 0.0469. The number of hydrogen-bond donors (Lipinski definition) is 1. The maximum atomic E-state index is 12.1. The summed E-state index contributed by atoms with van der Waals surface area (Å²) in [6.07, 6.45) is 4.29. The van der Waals surface area contributed by atoms with Gasteiger partial charge in [0.25, 0.3) is 0 Å². The third-order valence-electron chi connectivity index (χ3n) is 4.34. The monoisotopic (exact) mass is 278 g/mol. The van der Waals surface area contributed by atoms with Crippen LogP contribution in [-0.4, -0.2) is 23.2 Å². The number of rotatable bonds is 4. The van der Waals surface area contributed by atoms with Gasteiger partial charge in [0.1, 0.15) is 5.78 Å². The Hall–Kier alpha value is -1.23. The number of nitrogens with one attached hydrogen (secondary N) is 1. The lowest BCUT2D eigenvalue weighted by atomic mass is 9.79. The SMILES string of the molecule is O=C(NCCc1cscn1)C1CC2CCC(C1)C2=O. The third-order valence-corrected chi connectivity index (χ3v) is 4.98. The number of thiazole rings is 1. The van der Waals surface area contributed by atoms with Gasteiger partial charge >= 0.3 is 0 Å². The highest BCUT2D eigenvalue weighted by Gasteiger charge is 2.43. The molecule has 102 valence electrons. The number of carbonyl (C=O) groups is 2. The van der Waals surface area contributed by atoms with E-state index in [9.17, 15) is 9.59 Å². The number of amides is 1. The first-order valence-corrected chi connectivity index (χ1v) is 7.87. The van der Waals surface area contributed by atoms with Crippen LogP contribution in [0, 0.1) is 17.8 Å². The number of ketones is 1. The van der Waals surface area contributed by atoms with Crippen molar-refractivity contribution in [1.82, 2.24) is 10.3 Å². The lowest BCUT2D eigenvalue weighted by molar-refractivity contribution is -0.132. The van der Waals surface area contributed by atoms with E-state index in [1.807, 2.05) is 10.9 Å². The molecule has 2 unspecified atom stereocenters. The zero-order chi connectivity index (χ0) is 13.2. The molecule has 1 aromatic heterocycles. The molecule has 1 aromatic rings. The molecule has 0 radical (unpaired) electrons. The first-order valence-electron chi connectivity index (χ1n) is 6.92. The van der Waals surface area contributed by atoms with Crippen LogP contribution in [0.15, 0.2) is 10.9 Å². The molecule has 2 aliphatic carbocycles. The molecule has 0 aromatic carbocycles. The Kier molecular flexibility index (Phi) is 3.64. The van der Waals surface area contributed by atoms with Gasteiger partial charge in [-0.2, -0.15) is 0 Å². The van der Waals surface area contributed by atoms with E-state index in [0.29, 0.717) is 12.3 Å². The van der Waals surface area contributed by atoms with Crippen molar-refractivity contribution in [2.24, 2.45) is 17.8 Å². The number of hydrogen-bond acceptors (Lipinski definition) is 4. The van der Waals surface area contributed by atoms with Crippen LogP contribution in [0.3, 0.4) is 0 Å². The second-order valence-corrected chi connectivity index (χ2v) is 6.28. The van der Waals surface area contributed by atoms with Crippen LogP contribution < -0.4 is 5.32 Å². The van der Waals surface area contributed by atoms with Crippen molar-refractivity contribution < 1.29 is 9.59 Å². The van der Waals surface area contributed by atoms with Gasteiger partial charge in [-0.05, 0) is 25.7 Å². The van der Waals surface area contributed by atoms with E-state index >= 15 is 0 Å². The quantitative estimate of drug-likeness (QED) is 0.913. The molecule has 4 nitrogen and oxygen atoms in total. The molecule has 2 saturated carbocycles. The first-order chi connectivity index (χ1) is 9.24. The number of carbonyl (C=O) groups excluding carboxylic acids is 2.